The summed E-state index contributed by atoms with van der Waals surface area (Å²) in [7, 11) is 0. The van der Waals surface area contributed by atoms with Crippen molar-refractivity contribution in [2.45, 2.75) is 19.0 Å². The van der Waals surface area contributed by atoms with Crippen molar-refractivity contribution in [1.82, 2.24) is 10.2 Å². The molecular weight excluding hydrogens is 200 g/mol. The Kier molecular flexibility index (Phi) is 3.93. The third-order valence-corrected chi connectivity index (χ3v) is 3.20. The molecule has 1 fully saturated rings. The topological polar surface area (TPSA) is 35.5 Å². The summed E-state index contributed by atoms with van der Waals surface area (Å²) in [5.74, 6) is 0. The molecule has 0 radical (unpaired) electrons. The van der Waals surface area contributed by atoms with E-state index in [0.717, 1.165) is 19.6 Å². The average molecular weight is 220 g/mol. The van der Waals surface area contributed by atoms with Gasteiger partial charge in [0.1, 0.15) is 0 Å². The van der Waals surface area contributed by atoms with Crippen LogP contribution in [0.3, 0.4) is 0 Å². The molecular formula is C13H20N2O. The van der Waals surface area contributed by atoms with E-state index in [-0.39, 0.29) is 12.6 Å². The molecule has 3 nitrogen and oxygen atoms in total. The van der Waals surface area contributed by atoms with E-state index in [1.165, 1.54) is 5.56 Å². The van der Waals surface area contributed by atoms with Crippen LogP contribution < -0.4 is 5.32 Å². The fourth-order valence-corrected chi connectivity index (χ4v) is 2.35. The van der Waals surface area contributed by atoms with Gasteiger partial charge in [-0.1, -0.05) is 30.3 Å². The molecule has 0 bridgehead atoms. The van der Waals surface area contributed by atoms with Gasteiger partial charge < -0.3 is 10.4 Å². The Balaban J connectivity index is 2.10. The minimum Gasteiger partial charge on any atom is -0.394 e. The van der Waals surface area contributed by atoms with Crippen molar-refractivity contribution < 1.29 is 5.11 Å². The summed E-state index contributed by atoms with van der Waals surface area (Å²) in [6.07, 6.45) is 0. The molecule has 0 saturated carbocycles. The van der Waals surface area contributed by atoms with Crippen molar-refractivity contribution in [1.29, 1.82) is 0 Å². The van der Waals surface area contributed by atoms with Gasteiger partial charge in [0.25, 0.3) is 0 Å². The summed E-state index contributed by atoms with van der Waals surface area (Å²) in [5.41, 5.74) is 1.21. The van der Waals surface area contributed by atoms with E-state index >= 15 is 0 Å². The van der Waals surface area contributed by atoms with E-state index in [2.05, 4.69) is 29.3 Å². The first-order valence-corrected chi connectivity index (χ1v) is 5.94. The van der Waals surface area contributed by atoms with Crippen LogP contribution in [0.25, 0.3) is 0 Å². The van der Waals surface area contributed by atoms with Crippen LogP contribution in [0, 0.1) is 0 Å². The fourth-order valence-electron chi connectivity index (χ4n) is 2.35. The van der Waals surface area contributed by atoms with E-state index < -0.39 is 0 Å². The Bertz CT molecular complexity index is 315. The van der Waals surface area contributed by atoms with Crippen molar-refractivity contribution in [2.24, 2.45) is 0 Å². The van der Waals surface area contributed by atoms with Gasteiger partial charge in [-0.15, -0.1) is 0 Å². The Morgan fingerprint density at radius 1 is 1.44 bits per heavy atom. The first-order chi connectivity index (χ1) is 7.81. The molecule has 0 aromatic heterocycles. The number of piperazine rings is 1. The van der Waals surface area contributed by atoms with Gasteiger partial charge in [0.2, 0.25) is 0 Å². The average Bonchev–Trinajstić information content (AvgIpc) is 2.31. The first kappa shape index (κ1) is 11.6. The first-order valence-electron chi connectivity index (χ1n) is 5.94. The lowest BCUT2D eigenvalue weighted by molar-refractivity contribution is 0.0963. The van der Waals surface area contributed by atoms with Crippen LogP contribution >= 0.6 is 0 Å². The Labute approximate surface area is 97.1 Å². The quantitative estimate of drug-likeness (QED) is 0.798. The van der Waals surface area contributed by atoms with Crippen LogP contribution in [-0.2, 0) is 0 Å². The summed E-state index contributed by atoms with van der Waals surface area (Å²) in [5, 5.41) is 13.0. The zero-order valence-electron chi connectivity index (χ0n) is 9.76. The molecule has 1 aromatic carbocycles. The molecule has 0 spiro atoms. The number of nitrogens with zero attached hydrogens (tertiary/aromatic N) is 1. The summed E-state index contributed by atoms with van der Waals surface area (Å²) in [4.78, 5) is 2.36. The minimum atomic E-state index is 0.144. The van der Waals surface area contributed by atoms with Gasteiger partial charge in [-0.25, -0.2) is 0 Å². The van der Waals surface area contributed by atoms with Crippen LogP contribution in [0.4, 0.5) is 0 Å². The van der Waals surface area contributed by atoms with Gasteiger partial charge in [0.05, 0.1) is 12.6 Å². The summed E-state index contributed by atoms with van der Waals surface area (Å²) >= 11 is 0. The summed E-state index contributed by atoms with van der Waals surface area (Å²) in [6.45, 7) is 5.39. The van der Waals surface area contributed by atoms with E-state index in [1.54, 1.807) is 0 Å². The molecule has 1 aliphatic heterocycles. The number of hydrogen-bond acceptors (Lipinski definition) is 3. The van der Waals surface area contributed by atoms with Crippen LogP contribution in [0.5, 0.6) is 0 Å². The molecule has 1 aromatic rings. The zero-order chi connectivity index (χ0) is 11.4. The highest BCUT2D eigenvalue weighted by molar-refractivity contribution is 5.19. The standard InChI is InChI=1S/C13H20N2O/c1-11-9-15(8-7-14-11)13(10-16)12-5-3-2-4-6-12/h2-6,11,13-14,16H,7-10H2,1H3/t11-,13-/m1/s1. The van der Waals surface area contributed by atoms with E-state index in [0.29, 0.717) is 6.04 Å². The number of hydrogen-bond donors (Lipinski definition) is 2. The highest BCUT2D eigenvalue weighted by Crippen LogP contribution is 2.21. The Hall–Kier alpha value is -0.900. The Morgan fingerprint density at radius 2 is 2.19 bits per heavy atom. The molecule has 0 aliphatic carbocycles. The molecule has 1 saturated heterocycles. The molecule has 1 heterocycles. The molecule has 2 rings (SSSR count). The molecule has 0 unspecified atom stereocenters. The van der Waals surface area contributed by atoms with Crippen molar-refractivity contribution in [2.75, 3.05) is 26.2 Å². The second-order valence-corrected chi connectivity index (χ2v) is 4.46. The maximum atomic E-state index is 9.56. The van der Waals surface area contributed by atoms with Crippen LogP contribution in [-0.4, -0.2) is 42.3 Å². The number of aliphatic hydroxyl groups is 1. The third-order valence-electron chi connectivity index (χ3n) is 3.20. The van der Waals surface area contributed by atoms with Crippen molar-refractivity contribution in [3.05, 3.63) is 35.9 Å². The van der Waals surface area contributed by atoms with Crippen LogP contribution in [0.1, 0.15) is 18.5 Å². The maximum Gasteiger partial charge on any atom is 0.0628 e. The smallest absolute Gasteiger partial charge is 0.0628 e. The van der Waals surface area contributed by atoms with Gasteiger partial charge in [-0.3, -0.25) is 4.90 Å². The number of nitrogens with one attached hydrogen (secondary N) is 1. The fraction of sp³-hybridized carbons (Fsp3) is 0.538. The monoisotopic (exact) mass is 220 g/mol. The maximum absolute atomic E-state index is 9.56. The van der Waals surface area contributed by atoms with Gasteiger partial charge in [0, 0.05) is 25.7 Å². The lowest BCUT2D eigenvalue weighted by Crippen LogP contribution is -2.50. The van der Waals surface area contributed by atoms with E-state index in [1.807, 2.05) is 18.2 Å². The second kappa shape index (κ2) is 5.43. The largest absolute Gasteiger partial charge is 0.394 e. The Morgan fingerprint density at radius 3 is 2.81 bits per heavy atom. The van der Waals surface area contributed by atoms with E-state index in [4.69, 9.17) is 0 Å². The molecule has 16 heavy (non-hydrogen) atoms. The summed E-state index contributed by atoms with van der Waals surface area (Å²) in [6, 6.07) is 10.9. The molecule has 1 aliphatic rings. The lowest BCUT2D eigenvalue weighted by atomic mass is 10.0. The number of aliphatic hydroxyl groups excluding tert-OH is 1. The number of rotatable bonds is 3. The number of benzene rings is 1. The predicted molar refractivity (Wildman–Crippen MR) is 65.3 cm³/mol. The van der Waals surface area contributed by atoms with Gasteiger partial charge in [0.15, 0.2) is 0 Å². The van der Waals surface area contributed by atoms with Gasteiger partial charge >= 0.3 is 0 Å². The van der Waals surface area contributed by atoms with Crippen molar-refractivity contribution in [3.8, 4) is 0 Å². The van der Waals surface area contributed by atoms with Gasteiger partial charge in [-0.05, 0) is 12.5 Å². The molecule has 0 amide bonds. The van der Waals surface area contributed by atoms with Gasteiger partial charge in [-0.2, -0.15) is 0 Å². The predicted octanol–water partition coefficient (Wildman–Crippen LogP) is 1.01. The highest BCUT2D eigenvalue weighted by Gasteiger charge is 2.23. The zero-order valence-corrected chi connectivity index (χ0v) is 9.76. The second-order valence-electron chi connectivity index (χ2n) is 4.46. The van der Waals surface area contributed by atoms with Crippen LogP contribution in [0.2, 0.25) is 0 Å². The molecule has 2 atom stereocenters. The SMILES string of the molecule is C[C@@H]1CN([C@H](CO)c2ccccc2)CCN1. The normalized spacial score (nSPS) is 24.2. The highest BCUT2D eigenvalue weighted by atomic mass is 16.3. The van der Waals surface area contributed by atoms with Crippen molar-refractivity contribution in [3.63, 3.8) is 0 Å². The molecule has 88 valence electrons. The molecule has 2 N–H and O–H groups in total. The van der Waals surface area contributed by atoms with Crippen LogP contribution in [0.15, 0.2) is 30.3 Å². The molecule has 3 heteroatoms. The third kappa shape index (κ3) is 2.61. The van der Waals surface area contributed by atoms with Crippen molar-refractivity contribution >= 4 is 0 Å². The lowest BCUT2D eigenvalue weighted by Gasteiger charge is -2.37. The summed E-state index contributed by atoms with van der Waals surface area (Å²) < 4.78 is 0. The minimum absolute atomic E-state index is 0.144. The van der Waals surface area contributed by atoms with E-state index in [9.17, 15) is 5.11 Å².